The molecular formula is C6H13NO. The molecule has 1 rings (SSSR count). The third-order valence-corrected chi connectivity index (χ3v) is 0.688. The van der Waals surface area contributed by atoms with Crippen LogP contribution in [0.1, 0.15) is 20.8 Å². The molecule has 0 spiro atoms. The maximum absolute atomic E-state index is 4.90. The Hall–Kier alpha value is -0.660. The predicted molar refractivity (Wildman–Crippen MR) is 34.2 cm³/mol. The molecule has 0 atom stereocenters. The summed E-state index contributed by atoms with van der Waals surface area (Å²) in [6, 6.07) is 0. The summed E-state index contributed by atoms with van der Waals surface area (Å²) in [5, 5.41) is 2.89. The van der Waals surface area contributed by atoms with Gasteiger partial charge in [-0.05, 0) is 6.92 Å². The molecule has 48 valence electrons. The van der Waals surface area contributed by atoms with Gasteiger partial charge in [0.15, 0.2) is 6.73 Å². The summed E-state index contributed by atoms with van der Waals surface area (Å²) in [6.45, 7) is 6.56. The predicted octanol–water partition coefficient (Wildman–Crippen LogP) is 1.45. The Morgan fingerprint density at radius 2 is 2.25 bits per heavy atom. The highest BCUT2D eigenvalue weighted by Crippen LogP contribution is 1.95. The standard InChI is InChI=1S/C4H7NO.C2H6/c1-4-2-5-3-6-4;1-2/h2,5H,3H2,1H3;1-2H3. The Morgan fingerprint density at radius 1 is 1.62 bits per heavy atom. The SMILES string of the molecule is CC.CC1=CNCO1. The molecule has 0 radical (unpaired) electrons. The van der Waals surface area contributed by atoms with Gasteiger partial charge in [-0.25, -0.2) is 0 Å². The number of allylic oxidation sites excluding steroid dienone is 1. The Balaban J connectivity index is 0.000000222. The van der Waals surface area contributed by atoms with Gasteiger partial charge in [0, 0.05) is 6.20 Å². The van der Waals surface area contributed by atoms with Crippen LogP contribution in [-0.4, -0.2) is 6.73 Å². The molecule has 2 nitrogen and oxygen atoms in total. The largest absolute Gasteiger partial charge is 0.476 e. The lowest BCUT2D eigenvalue weighted by Crippen LogP contribution is -1.98. The Labute approximate surface area is 50.5 Å². The van der Waals surface area contributed by atoms with E-state index in [1.54, 1.807) is 0 Å². The molecule has 0 unspecified atom stereocenters. The van der Waals surface area contributed by atoms with Gasteiger partial charge in [0.2, 0.25) is 0 Å². The van der Waals surface area contributed by atoms with E-state index >= 15 is 0 Å². The minimum absolute atomic E-state index is 0.645. The second kappa shape index (κ2) is 4.50. The van der Waals surface area contributed by atoms with Crippen LogP contribution in [0.2, 0.25) is 0 Å². The highest BCUT2D eigenvalue weighted by Gasteiger charge is 1.92. The van der Waals surface area contributed by atoms with E-state index in [4.69, 9.17) is 4.74 Å². The Kier molecular flexibility index (Phi) is 4.13. The molecule has 0 aromatic carbocycles. The van der Waals surface area contributed by atoms with Crippen molar-refractivity contribution in [2.75, 3.05) is 6.73 Å². The molecule has 0 saturated carbocycles. The van der Waals surface area contributed by atoms with Crippen molar-refractivity contribution >= 4 is 0 Å². The van der Waals surface area contributed by atoms with Crippen LogP contribution >= 0.6 is 0 Å². The topological polar surface area (TPSA) is 21.3 Å². The van der Waals surface area contributed by atoms with E-state index in [1.165, 1.54) is 0 Å². The van der Waals surface area contributed by atoms with Crippen molar-refractivity contribution in [1.82, 2.24) is 5.32 Å². The maximum Gasteiger partial charge on any atom is 0.158 e. The first-order chi connectivity index (χ1) is 3.89. The smallest absolute Gasteiger partial charge is 0.158 e. The van der Waals surface area contributed by atoms with Crippen molar-refractivity contribution in [2.45, 2.75) is 20.8 Å². The first kappa shape index (κ1) is 7.34. The normalized spacial score (nSPS) is 14.6. The number of ether oxygens (including phenoxy) is 1. The molecule has 0 fully saturated rings. The van der Waals surface area contributed by atoms with E-state index in [0.29, 0.717) is 6.73 Å². The molecule has 1 N–H and O–H groups in total. The molecule has 1 aliphatic rings. The van der Waals surface area contributed by atoms with Crippen molar-refractivity contribution < 1.29 is 4.74 Å². The van der Waals surface area contributed by atoms with Crippen molar-refractivity contribution in [3.8, 4) is 0 Å². The fourth-order valence-electron chi connectivity index (χ4n) is 0.383. The molecule has 1 heterocycles. The summed E-state index contributed by atoms with van der Waals surface area (Å²) in [6.07, 6.45) is 1.85. The van der Waals surface area contributed by atoms with Gasteiger partial charge >= 0.3 is 0 Å². The van der Waals surface area contributed by atoms with Crippen molar-refractivity contribution in [1.29, 1.82) is 0 Å². The summed E-state index contributed by atoms with van der Waals surface area (Å²) in [4.78, 5) is 0. The minimum Gasteiger partial charge on any atom is -0.476 e. The number of hydrogen-bond acceptors (Lipinski definition) is 2. The second-order valence-electron chi connectivity index (χ2n) is 1.25. The van der Waals surface area contributed by atoms with E-state index < -0.39 is 0 Å². The number of hydrogen-bond donors (Lipinski definition) is 1. The first-order valence-corrected chi connectivity index (χ1v) is 2.92. The average Bonchev–Trinajstić information content (AvgIpc) is 2.24. The minimum atomic E-state index is 0.645. The lowest BCUT2D eigenvalue weighted by atomic mass is 10.6. The van der Waals surface area contributed by atoms with E-state index in [2.05, 4.69) is 5.32 Å². The van der Waals surface area contributed by atoms with Gasteiger partial charge in [-0.15, -0.1) is 0 Å². The summed E-state index contributed by atoms with van der Waals surface area (Å²) < 4.78 is 4.90. The van der Waals surface area contributed by atoms with Crippen LogP contribution in [0.15, 0.2) is 12.0 Å². The van der Waals surface area contributed by atoms with Crippen LogP contribution in [0, 0.1) is 0 Å². The van der Waals surface area contributed by atoms with Crippen LogP contribution in [0.5, 0.6) is 0 Å². The van der Waals surface area contributed by atoms with Crippen LogP contribution < -0.4 is 5.32 Å². The number of nitrogens with one attached hydrogen (secondary N) is 1. The van der Waals surface area contributed by atoms with Crippen molar-refractivity contribution in [3.05, 3.63) is 12.0 Å². The summed E-state index contributed by atoms with van der Waals surface area (Å²) in [5.74, 6) is 0.968. The van der Waals surface area contributed by atoms with Crippen LogP contribution in [-0.2, 0) is 4.74 Å². The fourth-order valence-corrected chi connectivity index (χ4v) is 0.383. The van der Waals surface area contributed by atoms with Gasteiger partial charge in [0.25, 0.3) is 0 Å². The van der Waals surface area contributed by atoms with Crippen molar-refractivity contribution in [2.24, 2.45) is 0 Å². The van der Waals surface area contributed by atoms with Crippen LogP contribution in [0.3, 0.4) is 0 Å². The summed E-state index contributed by atoms with van der Waals surface area (Å²) >= 11 is 0. The highest BCUT2D eigenvalue weighted by atomic mass is 16.5. The highest BCUT2D eigenvalue weighted by molar-refractivity contribution is 4.89. The van der Waals surface area contributed by atoms with Gasteiger partial charge in [0.05, 0.1) is 0 Å². The Bertz CT molecular complexity index is 78.6. The second-order valence-corrected chi connectivity index (χ2v) is 1.25. The molecular weight excluding hydrogens is 102 g/mol. The van der Waals surface area contributed by atoms with E-state index in [9.17, 15) is 0 Å². The summed E-state index contributed by atoms with van der Waals surface area (Å²) in [7, 11) is 0. The third kappa shape index (κ3) is 2.50. The van der Waals surface area contributed by atoms with Crippen LogP contribution in [0.4, 0.5) is 0 Å². The lowest BCUT2D eigenvalue weighted by Gasteiger charge is -1.88. The zero-order valence-electron chi connectivity index (χ0n) is 5.69. The van der Waals surface area contributed by atoms with Gasteiger partial charge in [-0.3, -0.25) is 0 Å². The molecule has 2 heteroatoms. The maximum atomic E-state index is 4.90. The Morgan fingerprint density at radius 3 is 2.38 bits per heavy atom. The fraction of sp³-hybridized carbons (Fsp3) is 0.667. The molecule has 1 aliphatic heterocycles. The number of rotatable bonds is 0. The molecule has 0 aromatic rings. The van der Waals surface area contributed by atoms with Gasteiger partial charge in [0.1, 0.15) is 5.76 Å². The molecule has 0 saturated heterocycles. The van der Waals surface area contributed by atoms with Gasteiger partial charge < -0.3 is 10.1 Å². The van der Waals surface area contributed by atoms with E-state index in [-0.39, 0.29) is 0 Å². The lowest BCUT2D eigenvalue weighted by molar-refractivity contribution is 0.234. The average molecular weight is 115 g/mol. The first-order valence-electron chi connectivity index (χ1n) is 2.92. The van der Waals surface area contributed by atoms with E-state index in [0.717, 1.165) is 5.76 Å². The molecule has 0 bridgehead atoms. The molecule has 0 aliphatic carbocycles. The monoisotopic (exact) mass is 115 g/mol. The third-order valence-electron chi connectivity index (χ3n) is 0.688. The molecule has 0 amide bonds. The summed E-state index contributed by atoms with van der Waals surface area (Å²) in [5.41, 5.74) is 0. The quantitative estimate of drug-likeness (QED) is 0.516. The van der Waals surface area contributed by atoms with Crippen LogP contribution in [0.25, 0.3) is 0 Å². The van der Waals surface area contributed by atoms with Crippen molar-refractivity contribution in [3.63, 3.8) is 0 Å². The zero-order valence-corrected chi connectivity index (χ0v) is 5.69. The molecule has 8 heavy (non-hydrogen) atoms. The van der Waals surface area contributed by atoms with Gasteiger partial charge in [-0.2, -0.15) is 0 Å². The molecule has 0 aromatic heterocycles. The van der Waals surface area contributed by atoms with Gasteiger partial charge in [-0.1, -0.05) is 13.8 Å². The van der Waals surface area contributed by atoms with E-state index in [1.807, 2.05) is 27.0 Å². The zero-order chi connectivity index (χ0) is 6.41.